The van der Waals surface area contributed by atoms with E-state index in [0.717, 1.165) is 25.7 Å². The first-order chi connectivity index (χ1) is 25.1. The maximum absolute atomic E-state index is 16.5. The molecule has 2 unspecified atom stereocenters. The van der Waals surface area contributed by atoms with E-state index in [0.29, 0.717) is 101 Å². The number of unbranched alkanes of at least 4 members (excludes halogenated alkanes) is 6. The molecule has 0 bridgehead atoms. The van der Waals surface area contributed by atoms with Crippen LogP contribution in [0, 0.1) is 5.92 Å². The number of halogens is 11. The fourth-order valence-corrected chi connectivity index (χ4v) is 50.5. The van der Waals surface area contributed by atoms with Crippen LogP contribution in [-0.4, -0.2) is 49.7 Å². The Morgan fingerprint density at radius 2 is 1.07 bits per heavy atom. The number of thioether (sulfide) groups is 1. The van der Waals surface area contributed by atoms with Crippen molar-refractivity contribution in [2.75, 3.05) is 11.5 Å². The van der Waals surface area contributed by atoms with E-state index in [1.54, 1.807) is 6.92 Å². The second kappa shape index (κ2) is 22.5. The summed E-state index contributed by atoms with van der Waals surface area (Å²) >= 11 is 0.255. The molecule has 0 amide bonds. The van der Waals surface area contributed by atoms with E-state index < -0.39 is 69.2 Å². The molecule has 54 heavy (non-hydrogen) atoms. The van der Waals surface area contributed by atoms with Crippen molar-refractivity contribution in [2.45, 2.75) is 207 Å². The van der Waals surface area contributed by atoms with Crippen molar-refractivity contribution >= 4 is 69.2 Å². The van der Waals surface area contributed by atoms with Crippen molar-refractivity contribution < 1.29 is 48.3 Å². The third kappa shape index (κ3) is 15.3. The molecule has 2 saturated carbocycles. The predicted octanol–water partition coefficient (Wildman–Crippen LogP) is 18.8. The van der Waals surface area contributed by atoms with Gasteiger partial charge in [-0.05, 0) is 55.2 Å². The summed E-state index contributed by atoms with van der Waals surface area (Å²) in [5.41, 5.74) is -5.56. The maximum atomic E-state index is 16.5. The average Bonchev–Trinajstić information content (AvgIpc) is 3.32. The Bertz CT molecular complexity index is 1060. The molecule has 326 valence electrons. The quantitative estimate of drug-likeness (QED) is 0.0430. The Morgan fingerprint density at radius 1 is 0.574 bits per heavy atom. The number of hydrogen-bond acceptors (Lipinski definition) is 6. The first kappa shape index (κ1) is 51.8. The van der Waals surface area contributed by atoms with Crippen LogP contribution in [0.3, 0.4) is 0 Å². The molecule has 0 spiro atoms. The van der Waals surface area contributed by atoms with Gasteiger partial charge in [-0.3, -0.25) is 0 Å². The summed E-state index contributed by atoms with van der Waals surface area (Å²) < 4.78 is 163. The van der Waals surface area contributed by atoms with Crippen LogP contribution in [0.4, 0.5) is 48.3 Å². The van der Waals surface area contributed by atoms with E-state index >= 15 is 35.1 Å². The number of rotatable bonds is 23. The molecule has 0 N–H and O–H groups in total. The van der Waals surface area contributed by atoms with Gasteiger partial charge >= 0.3 is 23.1 Å². The van der Waals surface area contributed by atoms with E-state index in [9.17, 15) is 13.2 Å². The Labute approximate surface area is 339 Å². The molecule has 0 saturated heterocycles. The van der Waals surface area contributed by atoms with Crippen LogP contribution < -0.4 is 0 Å². The SMILES string of the molecule is CCCCCCCCSS(SCC(CC)CCCC)(SC1CCCCCCC1)(SC(F)(F)F)(SC(F)(F)C(F)(F)F)C(SC1CCCCCC1)C(F)(F)F. The van der Waals surface area contributed by atoms with E-state index in [4.69, 9.17) is 0 Å². The Kier molecular flexibility index (Phi) is 21.6. The van der Waals surface area contributed by atoms with Gasteiger partial charge in [-0.25, -0.2) is 0 Å². The lowest BCUT2D eigenvalue weighted by molar-refractivity contribution is -0.237. The van der Waals surface area contributed by atoms with Gasteiger partial charge in [-0.2, -0.15) is 48.3 Å². The zero-order valence-electron chi connectivity index (χ0n) is 32.0. The van der Waals surface area contributed by atoms with Crippen LogP contribution in [0.1, 0.15) is 168 Å². The second-order valence-electron chi connectivity index (χ2n) is 14.8. The largest absolute Gasteiger partial charge is 0.464 e. The molecule has 2 aliphatic carbocycles. The summed E-state index contributed by atoms with van der Waals surface area (Å²) in [4.78, 5) is 0. The van der Waals surface area contributed by atoms with Gasteiger partial charge in [0.15, 0.2) is 4.58 Å². The average molecular weight is 929 g/mol. The molecule has 0 aromatic heterocycles. The fourth-order valence-electron chi connectivity index (χ4n) is 7.09. The summed E-state index contributed by atoms with van der Waals surface area (Å²) in [5.74, 6) is -1.22. The molecule has 2 fully saturated rings. The van der Waals surface area contributed by atoms with Gasteiger partial charge in [0.2, 0.25) is 0 Å². The zero-order valence-corrected chi connectivity index (χ0v) is 37.7. The van der Waals surface area contributed by atoms with E-state index in [-0.39, 0.29) is 77.0 Å². The first-order valence-electron chi connectivity index (χ1n) is 19.9. The minimum absolute atomic E-state index is 0.114. The summed E-state index contributed by atoms with van der Waals surface area (Å²) in [6.45, 7) is 5.64. The molecule has 0 heterocycles. The lowest BCUT2D eigenvalue weighted by Gasteiger charge is -2.78. The fraction of sp³-hybridized carbons (Fsp3) is 1.00. The van der Waals surface area contributed by atoms with Gasteiger partial charge in [0, 0.05) is 32.8 Å². The minimum Gasteiger partial charge on any atom is -0.183 e. The zero-order chi connectivity index (χ0) is 40.6. The third-order valence-corrected chi connectivity index (χ3v) is 47.9. The lowest BCUT2D eigenvalue weighted by atomic mass is 10.0. The highest BCUT2D eigenvalue weighted by atomic mass is 34.4. The van der Waals surface area contributed by atoms with E-state index in [2.05, 4.69) is 0 Å². The Balaban J connectivity index is 3.20. The van der Waals surface area contributed by atoms with Crippen molar-refractivity contribution in [2.24, 2.45) is 5.92 Å². The highest BCUT2D eigenvalue weighted by Crippen LogP contribution is 3.27. The van der Waals surface area contributed by atoms with Crippen molar-refractivity contribution in [3.8, 4) is 0 Å². The molecule has 0 aliphatic heterocycles. The van der Waals surface area contributed by atoms with Crippen LogP contribution >= 0.6 is 69.2 Å². The summed E-state index contributed by atoms with van der Waals surface area (Å²) in [7, 11) is -1.53. The van der Waals surface area contributed by atoms with Gasteiger partial charge in [0.25, 0.3) is 0 Å². The first-order valence-corrected chi connectivity index (χ1v) is 30.4. The van der Waals surface area contributed by atoms with Gasteiger partial charge < -0.3 is 0 Å². The van der Waals surface area contributed by atoms with Gasteiger partial charge in [-0.1, -0.05) is 166 Å². The maximum Gasteiger partial charge on any atom is 0.464 e. The lowest BCUT2D eigenvalue weighted by Crippen LogP contribution is -2.48. The van der Waals surface area contributed by atoms with Crippen LogP contribution in [0.2, 0.25) is 0 Å². The molecule has 2 rings (SSSR count). The molecule has 0 radical (unpaired) electrons. The monoisotopic (exact) mass is 928 g/mol. The number of alkyl halides is 11. The van der Waals surface area contributed by atoms with Crippen molar-refractivity contribution in [1.82, 2.24) is 0 Å². The topological polar surface area (TPSA) is 0 Å². The molecular formula is C36H63F11S7. The molecule has 2 aliphatic rings. The van der Waals surface area contributed by atoms with Gasteiger partial charge in [0.1, 0.15) is 0 Å². The van der Waals surface area contributed by atoms with E-state index in [1.165, 1.54) is 0 Å². The minimum atomic E-state index is -7.19. The third-order valence-electron chi connectivity index (χ3n) is 10.1. The molecular weight excluding hydrogens is 866 g/mol. The molecule has 18 heteroatoms. The summed E-state index contributed by atoms with van der Waals surface area (Å²) in [5, 5.41) is -7.70. The standard InChI is InChI=1S/C36H63F11S7/c1-4-7-9-10-16-21-27-48-54(53-36(45,46)47,52-35(43,44)34(40,41)42,49-28-29(6-3)22-8-5-2,51-31-25-19-12-11-13-20-26-31)32(33(37,38)39)50-30-23-17-14-15-18-24-30/h29-32H,4-28H2,1-3H3. The van der Waals surface area contributed by atoms with Crippen LogP contribution in [-0.2, 0) is 0 Å². The Hall–Kier alpha value is 1.68. The second-order valence-corrected chi connectivity index (χ2v) is 44.9. The number of hydrogen-bond donors (Lipinski definition) is 0. The highest BCUT2D eigenvalue weighted by molar-refractivity contribution is 9.98. The van der Waals surface area contributed by atoms with E-state index in [1.807, 2.05) is 13.8 Å². The normalized spacial score (nSPS) is 20.8. The molecule has 2 atom stereocenters. The van der Waals surface area contributed by atoms with Crippen LogP contribution in [0.15, 0.2) is 0 Å². The smallest absolute Gasteiger partial charge is 0.183 e. The van der Waals surface area contributed by atoms with Crippen molar-refractivity contribution in [1.29, 1.82) is 0 Å². The predicted molar refractivity (Wildman–Crippen MR) is 224 cm³/mol. The summed E-state index contributed by atoms with van der Waals surface area (Å²) in [6.07, 6.45) is 0.173. The van der Waals surface area contributed by atoms with Gasteiger partial charge in [-0.15, -0.1) is 11.8 Å². The van der Waals surface area contributed by atoms with Crippen molar-refractivity contribution in [3.05, 3.63) is 0 Å². The molecule has 0 nitrogen and oxygen atoms in total. The molecule has 0 aromatic carbocycles. The summed E-state index contributed by atoms with van der Waals surface area (Å²) in [6, 6.07) is 0. The highest BCUT2D eigenvalue weighted by Gasteiger charge is 2.84. The van der Waals surface area contributed by atoms with Crippen LogP contribution in [0.5, 0.6) is 0 Å². The molecule has 0 aromatic rings. The van der Waals surface area contributed by atoms with Crippen molar-refractivity contribution in [3.63, 3.8) is 0 Å². The van der Waals surface area contributed by atoms with Gasteiger partial charge in [0.05, 0.1) is 0 Å². The Morgan fingerprint density at radius 3 is 1.56 bits per heavy atom. The van der Waals surface area contributed by atoms with Crippen LogP contribution in [0.25, 0.3) is 0 Å².